The second kappa shape index (κ2) is 5.45. The normalized spacial score (nSPS) is 24.7. The van der Waals surface area contributed by atoms with Gasteiger partial charge in [0.2, 0.25) is 0 Å². The Kier molecular flexibility index (Phi) is 3.68. The molecule has 4 nitrogen and oxygen atoms in total. The van der Waals surface area contributed by atoms with Crippen molar-refractivity contribution in [1.82, 2.24) is 9.88 Å². The number of aromatic nitrogens is 1. The molecule has 0 bridgehead atoms. The summed E-state index contributed by atoms with van der Waals surface area (Å²) in [5.74, 6) is 1.42. The molecule has 0 saturated carbocycles. The van der Waals surface area contributed by atoms with Gasteiger partial charge in [0.05, 0.1) is 12.0 Å². The first-order valence-electron chi connectivity index (χ1n) is 6.68. The van der Waals surface area contributed by atoms with Gasteiger partial charge in [0, 0.05) is 31.1 Å². The van der Waals surface area contributed by atoms with Crippen molar-refractivity contribution in [3.63, 3.8) is 0 Å². The Morgan fingerprint density at radius 3 is 3.21 bits per heavy atom. The van der Waals surface area contributed by atoms with Crippen LogP contribution in [0.5, 0.6) is 0 Å². The monoisotopic (exact) mass is 277 g/mol. The molecule has 2 aromatic heterocycles. The van der Waals surface area contributed by atoms with Crippen LogP contribution in [0.25, 0.3) is 10.8 Å². The zero-order valence-corrected chi connectivity index (χ0v) is 11.9. The molecule has 0 amide bonds. The van der Waals surface area contributed by atoms with Gasteiger partial charge in [-0.3, -0.25) is 4.90 Å². The Morgan fingerprint density at radius 1 is 1.58 bits per heavy atom. The molecular formula is C14H19N3OS. The summed E-state index contributed by atoms with van der Waals surface area (Å²) in [6.07, 6.45) is 2.76. The van der Waals surface area contributed by atoms with Crippen molar-refractivity contribution < 1.29 is 4.42 Å². The van der Waals surface area contributed by atoms with Crippen molar-refractivity contribution >= 4 is 11.3 Å². The van der Waals surface area contributed by atoms with Gasteiger partial charge < -0.3 is 10.2 Å². The summed E-state index contributed by atoms with van der Waals surface area (Å²) in [6, 6.07) is 4.19. The maximum atomic E-state index is 6.05. The first kappa shape index (κ1) is 12.8. The Hall–Kier alpha value is -1.17. The molecule has 3 heterocycles. The van der Waals surface area contributed by atoms with Gasteiger partial charge in [-0.1, -0.05) is 6.92 Å². The van der Waals surface area contributed by atoms with Crippen molar-refractivity contribution in [3.05, 3.63) is 29.5 Å². The van der Waals surface area contributed by atoms with Gasteiger partial charge in [0.25, 0.3) is 0 Å². The minimum atomic E-state index is 0.352. The van der Waals surface area contributed by atoms with Crippen molar-refractivity contribution in [2.75, 3.05) is 13.1 Å². The molecule has 0 radical (unpaired) electrons. The van der Waals surface area contributed by atoms with Crippen LogP contribution in [0.15, 0.2) is 28.2 Å². The molecular weight excluding hydrogens is 258 g/mol. The molecule has 102 valence electrons. The van der Waals surface area contributed by atoms with E-state index in [4.69, 9.17) is 10.2 Å². The number of nitrogens with two attached hydrogens (primary N) is 1. The minimum absolute atomic E-state index is 0.352. The Balaban J connectivity index is 1.64. The lowest BCUT2D eigenvalue weighted by atomic mass is 9.95. The molecule has 1 fully saturated rings. The zero-order chi connectivity index (χ0) is 13.2. The number of thiazole rings is 1. The standard InChI is InChI=1S/C14H19N3OS/c1-10-7-17(5-4-12(10)15)8-11-9-19-14(16-11)13-3-2-6-18-13/h2-3,6,9-10,12H,4-5,7-8,15H2,1H3. The molecule has 0 spiro atoms. The van der Waals surface area contributed by atoms with Crippen molar-refractivity contribution in [2.45, 2.75) is 25.9 Å². The summed E-state index contributed by atoms with van der Waals surface area (Å²) in [7, 11) is 0. The number of likely N-dealkylation sites (tertiary alicyclic amines) is 1. The molecule has 1 aliphatic heterocycles. The van der Waals surface area contributed by atoms with Gasteiger partial charge in [-0.05, 0) is 24.5 Å². The van der Waals surface area contributed by atoms with E-state index in [-0.39, 0.29) is 0 Å². The van der Waals surface area contributed by atoms with E-state index < -0.39 is 0 Å². The molecule has 2 aromatic rings. The second-order valence-electron chi connectivity index (χ2n) is 5.29. The highest BCUT2D eigenvalue weighted by Gasteiger charge is 2.23. The minimum Gasteiger partial charge on any atom is -0.462 e. The average Bonchev–Trinajstić information content (AvgIpc) is 3.04. The number of rotatable bonds is 3. The van der Waals surface area contributed by atoms with E-state index in [9.17, 15) is 0 Å². The summed E-state index contributed by atoms with van der Waals surface area (Å²) in [5.41, 5.74) is 7.17. The van der Waals surface area contributed by atoms with E-state index in [2.05, 4.69) is 22.2 Å². The van der Waals surface area contributed by atoms with Crippen LogP contribution in [0.1, 0.15) is 19.0 Å². The molecule has 1 aliphatic rings. The molecule has 2 unspecified atom stereocenters. The summed E-state index contributed by atoms with van der Waals surface area (Å²) in [4.78, 5) is 7.08. The summed E-state index contributed by atoms with van der Waals surface area (Å²) in [5, 5.41) is 3.08. The molecule has 2 atom stereocenters. The fraction of sp³-hybridized carbons (Fsp3) is 0.500. The highest BCUT2D eigenvalue weighted by molar-refractivity contribution is 7.13. The van der Waals surface area contributed by atoms with Crippen LogP contribution in [0.2, 0.25) is 0 Å². The van der Waals surface area contributed by atoms with Crippen LogP contribution >= 0.6 is 11.3 Å². The van der Waals surface area contributed by atoms with E-state index in [1.54, 1.807) is 17.6 Å². The van der Waals surface area contributed by atoms with Gasteiger partial charge in [-0.2, -0.15) is 0 Å². The second-order valence-corrected chi connectivity index (χ2v) is 6.14. The lowest BCUT2D eigenvalue weighted by Gasteiger charge is -2.34. The van der Waals surface area contributed by atoms with E-state index >= 15 is 0 Å². The molecule has 19 heavy (non-hydrogen) atoms. The molecule has 0 aliphatic carbocycles. The summed E-state index contributed by atoms with van der Waals surface area (Å²) < 4.78 is 5.37. The predicted octanol–water partition coefficient (Wildman–Crippen LogP) is 2.57. The van der Waals surface area contributed by atoms with E-state index in [1.165, 1.54) is 0 Å². The SMILES string of the molecule is CC1CN(Cc2csc(-c3ccco3)n2)CCC1N. The van der Waals surface area contributed by atoms with Crippen LogP contribution in [-0.4, -0.2) is 29.0 Å². The van der Waals surface area contributed by atoms with Gasteiger partial charge in [-0.15, -0.1) is 11.3 Å². The topological polar surface area (TPSA) is 55.3 Å². The number of hydrogen-bond acceptors (Lipinski definition) is 5. The molecule has 0 aromatic carbocycles. The summed E-state index contributed by atoms with van der Waals surface area (Å²) >= 11 is 1.64. The summed E-state index contributed by atoms with van der Waals surface area (Å²) in [6.45, 7) is 5.27. The van der Waals surface area contributed by atoms with Crippen LogP contribution < -0.4 is 5.73 Å². The van der Waals surface area contributed by atoms with Gasteiger partial charge in [0.1, 0.15) is 0 Å². The number of piperidine rings is 1. The molecule has 5 heteroatoms. The third-order valence-electron chi connectivity index (χ3n) is 3.73. The highest BCUT2D eigenvalue weighted by Crippen LogP contribution is 2.25. The number of nitrogens with zero attached hydrogens (tertiary/aromatic N) is 2. The van der Waals surface area contributed by atoms with Crippen LogP contribution in [-0.2, 0) is 6.54 Å². The average molecular weight is 277 g/mol. The largest absolute Gasteiger partial charge is 0.462 e. The smallest absolute Gasteiger partial charge is 0.162 e. The van der Waals surface area contributed by atoms with E-state index in [0.717, 1.165) is 42.5 Å². The van der Waals surface area contributed by atoms with Gasteiger partial charge in [0.15, 0.2) is 10.8 Å². The predicted molar refractivity (Wildman–Crippen MR) is 76.8 cm³/mol. The fourth-order valence-corrected chi connectivity index (χ4v) is 3.29. The third-order valence-corrected chi connectivity index (χ3v) is 4.63. The zero-order valence-electron chi connectivity index (χ0n) is 11.1. The quantitative estimate of drug-likeness (QED) is 0.937. The van der Waals surface area contributed by atoms with Crippen LogP contribution in [0.4, 0.5) is 0 Å². The van der Waals surface area contributed by atoms with E-state index in [1.807, 2.05) is 12.1 Å². The Morgan fingerprint density at radius 2 is 2.47 bits per heavy atom. The lowest BCUT2D eigenvalue weighted by Crippen LogP contribution is -2.45. The maximum Gasteiger partial charge on any atom is 0.162 e. The Labute approximate surface area is 117 Å². The molecule has 1 saturated heterocycles. The fourth-order valence-electron chi connectivity index (χ4n) is 2.52. The number of furan rings is 1. The van der Waals surface area contributed by atoms with Gasteiger partial charge >= 0.3 is 0 Å². The molecule has 2 N–H and O–H groups in total. The first-order valence-corrected chi connectivity index (χ1v) is 7.56. The number of hydrogen-bond donors (Lipinski definition) is 1. The van der Waals surface area contributed by atoms with Crippen LogP contribution in [0.3, 0.4) is 0 Å². The Bertz CT molecular complexity index is 523. The maximum absolute atomic E-state index is 6.05. The lowest BCUT2D eigenvalue weighted by molar-refractivity contribution is 0.156. The third kappa shape index (κ3) is 2.88. The highest BCUT2D eigenvalue weighted by atomic mass is 32.1. The van der Waals surface area contributed by atoms with Crippen molar-refractivity contribution in [2.24, 2.45) is 11.7 Å². The van der Waals surface area contributed by atoms with Crippen LogP contribution in [0, 0.1) is 5.92 Å². The van der Waals surface area contributed by atoms with Crippen molar-refractivity contribution in [1.29, 1.82) is 0 Å². The van der Waals surface area contributed by atoms with Crippen molar-refractivity contribution in [3.8, 4) is 10.8 Å². The van der Waals surface area contributed by atoms with E-state index in [0.29, 0.717) is 12.0 Å². The first-order chi connectivity index (χ1) is 9.22. The molecule has 3 rings (SSSR count). The van der Waals surface area contributed by atoms with Gasteiger partial charge in [-0.25, -0.2) is 4.98 Å².